The van der Waals surface area contributed by atoms with Crippen molar-refractivity contribution in [2.24, 2.45) is 0 Å². The van der Waals surface area contributed by atoms with E-state index in [9.17, 15) is 0 Å². The Bertz CT molecular complexity index is 570. The molecule has 0 bridgehead atoms. The molecule has 0 N–H and O–H groups in total. The Labute approximate surface area is 109 Å². The van der Waals surface area contributed by atoms with Gasteiger partial charge in [-0.1, -0.05) is 24.3 Å². The maximum atomic E-state index is 9.16. The summed E-state index contributed by atoms with van der Waals surface area (Å²) in [5.41, 5.74) is 2.57. The summed E-state index contributed by atoms with van der Waals surface area (Å²) in [6, 6.07) is 15.6. The fourth-order valence-electron chi connectivity index (χ4n) is 1.65. The van der Waals surface area contributed by atoms with Crippen molar-refractivity contribution in [3.63, 3.8) is 0 Å². The second kappa shape index (κ2) is 5.03. The number of halogens is 1. The van der Waals surface area contributed by atoms with Crippen molar-refractivity contribution in [1.82, 2.24) is 0 Å². The molecule has 0 spiro atoms. The molecule has 0 aliphatic rings. The van der Waals surface area contributed by atoms with Crippen LogP contribution in [0.15, 0.2) is 46.9 Å². The summed E-state index contributed by atoms with van der Waals surface area (Å²) in [6.07, 6.45) is 0. The van der Waals surface area contributed by atoms with Crippen molar-refractivity contribution in [3.05, 3.63) is 52.5 Å². The maximum Gasteiger partial charge on any atom is 0.118 e. The van der Waals surface area contributed by atoms with Gasteiger partial charge in [-0.05, 0) is 39.7 Å². The number of rotatable bonds is 2. The molecule has 2 aromatic rings. The molecule has 0 unspecified atom stereocenters. The van der Waals surface area contributed by atoms with Crippen molar-refractivity contribution in [2.75, 3.05) is 7.11 Å². The standard InChI is InChI=1S/C14H10BrNO/c1-17-11-7-5-10(6-8-11)12-3-2-4-14(15)13(12)9-16/h2-8H,1H3. The minimum atomic E-state index is 0.651. The molecule has 2 nitrogen and oxygen atoms in total. The number of methoxy groups -OCH3 is 1. The number of hydrogen-bond acceptors (Lipinski definition) is 2. The van der Waals surface area contributed by atoms with Crippen LogP contribution < -0.4 is 4.74 Å². The second-order valence-electron chi connectivity index (χ2n) is 3.50. The summed E-state index contributed by atoms with van der Waals surface area (Å²) in [6.45, 7) is 0. The van der Waals surface area contributed by atoms with Crippen molar-refractivity contribution < 1.29 is 4.74 Å². The summed E-state index contributed by atoms with van der Waals surface area (Å²) in [5.74, 6) is 0.808. The smallest absolute Gasteiger partial charge is 0.118 e. The van der Waals surface area contributed by atoms with Gasteiger partial charge in [-0.25, -0.2) is 0 Å². The number of nitrogens with zero attached hydrogens (tertiary/aromatic N) is 1. The first-order chi connectivity index (χ1) is 8.26. The van der Waals surface area contributed by atoms with Crippen LogP contribution in [0.5, 0.6) is 5.75 Å². The molecule has 2 rings (SSSR count). The van der Waals surface area contributed by atoms with E-state index in [1.54, 1.807) is 7.11 Å². The van der Waals surface area contributed by atoms with E-state index in [-0.39, 0.29) is 0 Å². The number of hydrogen-bond donors (Lipinski definition) is 0. The van der Waals surface area contributed by atoms with E-state index in [4.69, 9.17) is 10.00 Å². The van der Waals surface area contributed by atoms with Gasteiger partial charge >= 0.3 is 0 Å². The minimum Gasteiger partial charge on any atom is -0.497 e. The van der Waals surface area contributed by atoms with Crippen LogP contribution in [0.25, 0.3) is 11.1 Å². The number of benzene rings is 2. The highest BCUT2D eigenvalue weighted by atomic mass is 79.9. The Hall–Kier alpha value is -1.79. The Kier molecular flexibility index (Phi) is 3.46. The van der Waals surface area contributed by atoms with E-state index in [0.717, 1.165) is 21.3 Å². The van der Waals surface area contributed by atoms with Crippen molar-refractivity contribution in [2.45, 2.75) is 0 Å². The average molecular weight is 288 g/mol. The summed E-state index contributed by atoms with van der Waals surface area (Å²) in [5, 5.41) is 9.16. The lowest BCUT2D eigenvalue weighted by atomic mass is 10.0. The van der Waals surface area contributed by atoms with E-state index in [2.05, 4.69) is 22.0 Å². The van der Waals surface area contributed by atoms with E-state index < -0.39 is 0 Å². The molecule has 17 heavy (non-hydrogen) atoms. The van der Waals surface area contributed by atoms with Gasteiger partial charge < -0.3 is 4.74 Å². The Morgan fingerprint density at radius 1 is 1.12 bits per heavy atom. The van der Waals surface area contributed by atoms with Gasteiger partial charge in [-0.2, -0.15) is 5.26 Å². The van der Waals surface area contributed by atoms with E-state index in [1.807, 2.05) is 42.5 Å². The van der Waals surface area contributed by atoms with Crippen LogP contribution in [0, 0.1) is 11.3 Å². The Balaban J connectivity index is 2.53. The molecule has 0 atom stereocenters. The molecule has 0 fully saturated rings. The molecule has 0 aromatic heterocycles. The topological polar surface area (TPSA) is 33.0 Å². The van der Waals surface area contributed by atoms with Crippen LogP contribution in [0.2, 0.25) is 0 Å². The van der Waals surface area contributed by atoms with Crippen LogP contribution in [-0.2, 0) is 0 Å². The van der Waals surface area contributed by atoms with E-state index in [1.165, 1.54) is 0 Å². The molecule has 0 saturated carbocycles. The SMILES string of the molecule is COc1ccc(-c2cccc(Br)c2C#N)cc1. The molecule has 3 heteroatoms. The first-order valence-corrected chi connectivity index (χ1v) is 5.88. The van der Waals surface area contributed by atoms with Gasteiger partial charge in [0.15, 0.2) is 0 Å². The minimum absolute atomic E-state index is 0.651. The van der Waals surface area contributed by atoms with Crippen LogP contribution in [0.1, 0.15) is 5.56 Å². The van der Waals surface area contributed by atoms with Crippen molar-refractivity contribution >= 4 is 15.9 Å². The van der Waals surface area contributed by atoms with Gasteiger partial charge in [0.1, 0.15) is 11.8 Å². The van der Waals surface area contributed by atoms with Crippen molar-refractivity contribution in [1.29, 1.82) is 5.26 Å². The lowest BCUT2D eigenvalue weighted by molar-refractivity contribution is 0.415. The molecule has 0 heterocycles. The molecule has 0 saturated heterocycles. The van der Waals surface area contributed by atoms with Crippen molar-refractivity contribution in [3.8, 4) is 22.9 Å². The van der Waals surface area contributed by atoms with Gasteiger partial charge in [0.25, 0.3) is 0 Å². The zero-order valence-electron chi connectivity index (χ0n) is 9.27. The van der Waals surface area contributed by atoms with Crippen LogP contribution in [0.3, 0.4) is 0 Å². The monoisotopic (exact) mass is 287 g/mol. The molecule has 0 amide bonds. The predicted molar refractivity (Wildman–Crippen MR) is 70.8 cm³/mol. The summed E-state index contributed by atoms with van der Waals surface area (Å²) in [7, 11) is 1.63. The molecule has 2 aromatic carbocycles. The fraction of sp³-hybridized carbons (Fsp3) is 0.0714. The predicted octanol–water partition coefficient (Wildman–Crippen LogP) is 4.00. The molecular formula is C14H10BrNO. The molecule has 0 aliphatic carbocycles. The van der Waals surface area contributed by atoms with Gasteiger partial charge in [0.2, 0.25) is 0 Å². The molecule has 84 valence electrons. The zero-order valence-corrected chi connectivity index (χ0v) is 10.9. The highest BCUT2D eigenvalue weighted by Crippen LogP contribution is 2.29. The molecular weight excluding hydrogens is 278 g/mol. The molecule has 0 radical (unpaired) electrons. The maximum absolute atomic E-state index is 9.16. The van der Waals surface area contributed by atoms with Crippen LogP contribution in [-0.4, -0.2) is 7.11 Å². The fourth-order valence-corrected chi connectivity index (χ4v) is 2.10. The zero-order chi connectivity index (χ0) is 12.3. The van der Waals surface area contributed by atoms with Crippen LogP contribution >= 0.6 is 15.9 Å². The quantitative estimate of drug-likeness (QED) is 0.837. The lowest BCUT2D eigenvalue weighted by Crippen LogP contribution is -1.87. The number of nitriles is 1. The Morgan fingerprint density at radius 2 is 1.82 bits per heavy atom. The third kappa shape index (κ3) is 2.32. The third-order valence-corrected chi connectivity index (χ3v) is 3.19. The first-order valence-electron chi connectivity index (χ1n) is 5.09. The van der Waals surface area contributed by atoms with Gasteiger partial charge in [0.05, 0.1) is 12.7 Å². The Morgan fingerprint density at radius 3 is 2.41 bits per heavy atom. The number of ether oxygens (including phenoxy) is 1. The summed E-state index contributed by atoms with van der Waals surface area (Å²) >= 11 is 3.39. The average Bonchev–Trinajstić information content (AvgIpc) is 2.38. The van der Waals surface area contributed by atoms with E-state index in [0.29, 0.717) is 5.56 Å². The second-order valence-corrected chi connectivity index (χ2v) is 4.36. The highest BCUT2D eigenvalue weighted by molar-refractivity contribution is 9.10. The van der Waals surface area contributed by atoms with Gasteiger partial charge in [-0.15, -0.1) is 0 Å². The normalized spacial score (nSPS) is 9.71. The van der Waals surface area contributed by atoms with E-state index >= 15 is 0 Å². The third-order valence-electron chi connectivity index (χ3n) is 2.53. The molecule has 0 aliphatic heterocycles. The highest BCUT2D eigenvalue weighted by Gasteiger charge is 2.07. The lowest BCUT2D eigenvalue weighted by Gasteiger charge is -2.06. The van der Waals surface area contributed by atoms with Gasteiger partial charge in [0, 0.05) is 10.0 Å². The van der Waals surface area contributed by atoms with Gasteiger partial charge in [-0.3, -0.25) is 0 Å². The largest absolute Gasteiger partial charge is 0.497 e. The van der Waals surface area contributed by atoms with Crippen LogP contribution in [0.4, 0.5) is 0 Å². The summed E-state index contributed by atoms with van der Waals surface area (Å²) < 4.78 is 5.92. The summed E-state index contributed by atoms with van der Waals surface area (Å²) in [4.78, 5) is 0. The first kappa shape index (κ1) is 11.7.